The predicted octanol–water partition coefficient (Wildman–Crippen LogP) is 1.71. The van der Waals surface area contributed by atoms with Gasteiger partial charge in [0.2, 0.25) is 11.8 Å². The van der Waals surface area contributed by atoms with Crippen LogP contribution in [0, 0.1) is 5.92 Å². The molecule has 0 spiro atoms. The minimum atomic E-state index is -0.963. The van der Waals surface area contributed by atoms with Gasteiger partial charge in [-0.05, 0) is 43.9 Å². The number of amides is 2. The van der Waals surface area contributed by atoms with Crippen molar-refractivity contribution in [3.05, 3.63) is 35.4 Å². The number of nitrogens with one attached hydrogen (secondary N) is 1. The van der Waals surface area contributed by atoms with Crippen LogP contribution in [-0.2, 0) is 20.7 Å². The maximum Gasteiger partial charge on any atom is 0.335 e. The number of ether oxygens (including phenoxy) is 1. The zero-order valence-electron chi connectivity index (χ0n) is 15.9. The molecule has 0 bridgehead atoms. The number of aryl methyl sites for hydroxylation is 1. The van der Waals surface area contributed by atoms with Crippen molar-refractivity contribution in [1.82, 2.24) is 10.2 Å². The highest BCUT2D eigenvalue weighted by Gasteiger charge is 2.32. The van der Waals surface area contributed by atoms with Crippen LogP contribution in [-0.4, -0.2) is 60.6 Å². The minimum absolute atomic E-state index is 0.0268. The van der Waals surface area contributed by atoms with Gasteiger partial charge in [0.1, 0.15) is 0 Å². The Hall–Kier alpha value is -2.41. The standard InChI is InChI=1S/C20H28N2O5/c1-14-3-7-17(19(24)21-11-12-27-2)13-22(14)18(23)10-6-15-4-8-16(9-5-15)20(25)26/h4-5,8-9,14,17H,3,6-7,10-13H2,1-2H3,(H,21,24)(H,25,26). The normalized spacial score (nSPS) is 19.6. The van der Waals surface area contributed by atoms with Gasteiger partial charge < -0.3 is 20.1 Å². The van der Waals surface area contributed by atoms with E-state index in [1.54, 1.807) is 36.3 Å². The molecule has 0 radical (unpaired) electrons. The van der Waals surface area contributed by atoms with Crippen LogP contribution in [0.5, 0.6) is 0 Å². The first-order valence-electron chi connectivity index (χ1n) is 9.30. The van der Waals surface area contributed by atoms with Gasteiger partial charge in [-0.2, -0.15) is 0 Å². The molecular weight excluding hydrogens is 348 g/mol. The second-order valence-electron chi connectivity index (χ2n) is 6.96. The van der Waals surface area contributed by atoms with Gasteiger partial charge in [-0.25, -0.2) is 4.79 Å². The molecule has 7 nitrogen and oxygen atoms in total. The molecule has 1 fully saturated rings. The number of aromatic carboxylic acids is 1. The molecule has 0 aliphatic carbocycles. The van der Waals surface area contributed by atoms with Crippen molar-refractivity contribution in [2.24, 2.45) is 5.92 Å². The van der Waals surface area contributed by atoms with Crippen LogP contribution in [0.1, 0.15) is 42.1 Å². The summed E-state index contributed by atoms with van der Waals surface area (Å²) in [6.45, 7) is 3.40. The van der Waals surface area contributed by atoms with E-state index in [1.807, 2.05) is 6.92 Å². The molecule has 2 rings (SSSR count). The van der Waals surface area contributed by atoms with E-state index in [-0.39, 0.29) is 29.3 Å². The van der Waals surface area contributed by atoms with Crippen molar-refractivity contribution in [1.29, 1.82) is 0 Å². The Bertz CT molecular complexity index is 659. The largest absolute Gasteiger partial charge is 0.478 e. The van der Waals surface area contributed by atoms with E-state index in [0.717, 1.165) is 18.4 Å². The zero-order valence-corrected chi connectivity index (χ0v) is 15.9. The number of likely N-dealkylation sites (tertiary alicyclic amines) is 1. The Balaban J connectivity index is 1.87. The number of rotatable bonds is 8. The highest BCUT2D eigenvalue weighted by molar-refractivity contribution is 5.87. The maximum atomic E-state index is 12.7. The van der Waals surface area contributed by atoms with E-state index in [2.05, 4.69) is 5.32 Å². The number of benzene rings is 1. The fourth-order valence-corrected chi connectivity index (χ4v) is 3.30. The molecule has 1 aromatic rings. The van der Waals surface area contributed by atoms with Gasteiger partial charge >= 0.3 is 5.97 Å². The van der Waals surface area contributed by atoms with Gasteiger partial charge in [0, 0.05) is 32.7 Å². The van der Waals surface area contributed by atoms with E-state index >= 15 is 0 Å². The van der Waals surface area contributed by atoms with Crippen LogP contribution in [0.4, 0.5) is 0 Å². The average Bonchev–Trinajstić information content (AvgIpc) is 2.66. The Morgan fingerprint density at radius 3 is 2.56 bits per heavy atom. The zero-order chi connectivity index (χ0) is 19.8. The summed E-state index contributed by atoms with van der Waals surface area (Å²) in [7, 11) is 1.59. The summed E-state index contributed by atoms with van der Waals surface area (Å²) in [6.07, 6.45) is 2.48. The number of carboxylic acids is 1. The topological polar surface area (TPSA) is 95.9 Å². The highest BCUT2D eigenvalue weighted by atomic mass is 16.5. The minimum Gasteiger partial charge on any atom is -0.478 e. The molecule has 2 atom stereocenters. The van der Waals surface area contributed by atoms with Crippen molar-refractivity contribution in [2.75, 3.05) is 26.8 Å². The summed E-state index contributed by atoms with van der Waals surface area (Å²) < 4.78 is 4.94. The first kappa shape index (κ1) is 20.9. The monoisotopic (exact) mass is 376 g/mol. The van der Waals surface area contributed by atoms with E-state index in [1.165, 1.54) is 0 Å². The van der Waals surface area contributed by atoms with Crippen LogP contribution in [0.25, 0.3) is 0 Å². The maximum absolute atomic E-state index is 12.7. The third-order valence-corrected chi connectivity index (χ3v) is 5.01. The van der Waals surface area contributed by atoms with E-state index < -0.39 is 5.97 Å². The van der Waals surface area contributed by atoms with Gasteiger partial charge in [0.05, 0.1) is 18.1 Å². The number of carbonyl (C=O) groups excluding carboxylic acids is 2. The fraction of sp³-hybridized carbons (Fsp3) is 0.550. The summed E-state index contributed by atoms with van der Waals surface area (Å²) in [5, 5.41) is 11.8. The second-order valence-corrected chi connectivity index (χ2v) is 6.96. The molecular formula is C20H28N2O5. The van der Waals surface area contributed by atoms with Crippen molar-refractivity contribution in [3.63, 3.8) is 0 Å². The van der Waals surface area contributed by atoms with E-state index in [4.69, 9.17) is 9.84 Å². The fourth-order valence-electron chi connectivity index (χ4n) is 3.30. The Kier molecular flexibility index (Phi) is 7.79. The highest BCUT2D eigenvalue weighted by Crippen LogP contribution is 2.23. The van der Waals surface area contributed by atoms with Crippen LogP contribution in [0.3, 0.4) is 0 Å². The summed E-state index contributed by atoms with van der Waals surface area (Å²) >= 11 is 0. The molecule has 27 heavy (non-hydrogen) atoms. The smallest absolute Gasteiger partial charge is 0.335 e. The summed E-state index contributed by atoms with van der Waals surface area (Å²) in [5.41, 5.74) is 1.16. The lowest BCUT2D eigenvalue weighted by atomic mass is 9.92. The molecule has 0 aromatic heterocycles. The van der Waals surface area contributed by atoms with Crippen LogP contribution in [0.15, 0.2) is 24.3 Å². The number of piperidine rings is 1. The Morgan fingerprint density at radius 2 is 1.93 bits per heavy atom. The lowest BCUT2D eigenvalue weighted by Crippen LogP contribution is -2.49. The molecule has 1 aliphatic rings. The van der Waals surface area contributed by atoms with Gasteiger partial charge in [-0.15, -0.1) is 0 Å². The predicted molar refractivity (Wildman–Crippen MR) is 101 cm³/mol. The number of carbonyl (C=O) groups is 3. The second kappa shape index (κ2) is 10.1. The first-order valence-corrected chi connectivity index (χ1v) is 9.30. The van der Waals surface area contributed by atoms with Crippen LogP contribution < -0.4 is 5.32 Å². The average molecular weight is 376 g/mol. The third kappa shape index (κ3) is 6.06. The number of hydrogen-bond donors (Lipinski definition) is 2. The molecule has 7 heteroatoms. The number of methoxy groups -OCH3 is 1. The quantitative estimate of drug-likeness (QED) is 0.674. The molecule has 1 aromatic carbocycles. The van der Waals surface area contributed by atoms with Gasteiger partial charge in [0.15, 0.2) is 0 Å². The van der Waals surface area contributed by atoms with E-state index in [9.17, 15) is 14.4 Å². The SMILES string of the molecule is COCCNC(=O)C1CCC(C)N(C(=O)CCc2ccc(C(=O)O)cc2)C1. The van der Waals surface area contributed by atoms with Crippen molar-refractivity contribution in [3.8, 4) is 0 Å². The van der Waals surface area contributed by atoms with Crippen molar-refractivity contribution >= 4 is 17.8 Å². The number of nitrogens with zero attached hydrogens (tertiary/aromatic N) is 1. The van der Waals surface area contributed by atoms with E-state index in [0.29, 0.717) is 32.5 Å². The molecule has 2 amide bonds. The van der Waals surface area contributed by atoms with Crippen molar-refractivity contribution in [2.45, 2.75) is 38.6 Å². The molecule has 1 heterocycles. The molecule has 2 unspecified atom stereocenters. The molecule has 1 saturated heterocycles. The van der Waals surface area contributed by atoms with Gasteiger partial charge in [-0.1, -0.05) is 12.1 Å². The lowest BCUT2D eigenvalue weighted by Gasteiger charge is -2.37. The summed E-state index contributed by atoms with van der Waals surface area (Å²) in [6, 6.07) is 6.69. The van der Waals surface area contributed by atoms with Crippen LogP contribution >= 0.6 is 0 Å². The molecule has 2 N–H and O–H groups in total. The van der Waals surface area contributed by atoms with Crippen molar-refractivity contribution < 1.29 is 24.2 Å². The third-order valence-electron chi connectivity index (χ3n) is 5.01. The van der Waals surface area contributed by atoms with Gasteiger partial charge in [-0.3, -0.25) is 9.59 Å². The summed E-state index contributed by atoms with van der Waals surface area (Å²) in [4.78, 5) is 37.6. The number of hydrogen-bond acceptors (Lipinski definition) is 4. The molecule has 148 valence electrons. The summed E-state index contributed by atoms with van der Waals surface area (Å²) in [5.74, 6) is -1.15. The van der Waals surface area contributed by atoms with Gasteiger partial charge in [0.25, 0.3) is 0 Å². The Labute approximate surface area is 159 Å². The molecule has 1 aliphatic heterocycles. The molecule has 0 saturated carbocycles. The Morgan fingerprint density at radius 1 is 1.22 bits per heavy atom. The lowest BCUT2D eigenvalue weighted by molar-refractivity contribution is -0.138. The number of carboxylic acid groups (broad SMARTS) is 1. The first-order chi connectivity index (χ1) is 12.9. The van der Waals surface area contributed by atoms with Crippen LogP contribution in [0.2, 0.25) is 0 Å².